The number of hydrogen-bond donors (Lipinski definition) is 2. The van der Waals surface area contributed by atoms with Gasteiger partial charge in [-0.2, -0.15) is 4.98 Å². The third-order valence-corrected chi connectivity index (χ3v) is 2.79. The Kier molecular flexibility index (Phi) is 4.62. The van der Waals surface area contributed by atoms with E-state index < -0.39 is 0 Å². The summed E-state index contributed by atoms with van der Waals surface area (Å²) in [5, 5.41) is 6.55. The third-order valence-electron chi connectivity index (χ3n) is 2.79. The van der Waals surface area contributed by atoms with Crippen LogP contribution in [0, 0.1) is 0 Å². The van der Waals surface area contributed by atoms with Gasteiger partial charge in [0.15, 0.2) is 0 Å². The molecule has 2 aromatic rings. The number of para-hydroxylation sites is 1. The molecule has 21 heavy (non-hydrogen) atoms. The average molecular weight is 286 g/mol. The van der Waals surface area contributed by atoms with Crippen molar-refractivity contribution in [1.82, 2.24) is 9.97 Å². The minimum Gasteiger partial charge on any atom is -0.496 e. The Hall–Kier alpha value is -2.30. The Morgan fingerprint density at radius 2 is 1.90 bits per heavy atom. The summed E-state index contributed by atoms with van der Waals surface area (Å²) in [4.78, 5) is 8.69. The minimum absolute atomic E-state index is 0.0335. The molecule has 5 heteroatoms. The van der Waals surface area contributed by atoms with Gasteiger partial charge in [0, 0.05) is 23.8 Å². The number of aromatic nitrogens is 2. The van der Waals surface area contributed by atoms with Crippen LogP contribution in [0.3, 0.4) is 0 Å². The Labute approximate surface area is 125 Å². The van der Waals surface area contributed by atoms with Gasteiger partial charge in [0.25, 0.3) is 0 Å². The highest BCUT2D eigenvalue weighted by Crippen LogP contribution is 2.18. The molecule has 0 unspecified atom stereocenters. The average Bonchev–Trinajstić information content (AvgIpc) is 2.44. The van der Waals surface area contributed by atoms with E-state index in [1.54, 1.807) is 13.3 Å². The van der Waals surface area contributed by atoms with Gasteiger partial charge in [-0.25, -0.2) is 4.98 Å². The molecule has 112 valence electrons. The van der Waals surface area contributed by atoms with E-state index in [-0.39, 0.29) is 5.54 Å². The van der Waals surface area contributed by atoms with Crippen molar-refractivity contribution in [2.24, 2.45) is 0 Å². The first-order chi connectivity index (χ1) is 9.98. The molecule has 0 amide bonds. The Balaban J connectivity index is 2.05. The lowest BCUT2D eigenvalue weighted by Gasteiger charge is -2.21. The highest BCUT2D eigenvalue weighted by atomic mass is 16.5. The molecule has 2 N–H and O–H groups in total. The molecular weight excluding hydrogens is 264 g/mol. The zero-order valence-corrected chi connectivity index (χ0v) is 13.0. The first-order valence-electron chi connectivity index (χ1n) is 6.95. The molecule has 0 spiro atoms. The smallest absolute Gasteiger partial charge is 0.224 e. The van der Waals surface area contributed by atoms with Crippen LogP contribution >= 0.6 is 0 Å². The second kappa shape index (κ2) is 6.43. The molecule has 1 heterocycles. The van der Waals surface area contributed by atoms with Crippen LogP contribution in [0.4, 0.5) is 11.8 Å². The summed E-state index contributed by atoms with van der Waals surface area (Å²) in [6.45, 7) is 6.90. The van der Waals surface area contributed by atoms with Gasteiger partial charge in [-0.15, -0.1) is 0 Å². The van der Waals surface area contributed by atoms with Crippen LogP contribution in [0.1, 0.15) is 26.3 Å². The van der Waals surface area contributed by atoms with Crippen molar-refractivity contribution in [3.63, 3.8) is 0 Å². The number of methoxy groups -OCH3 is 1. The quantitative estimate of drug-likeness (QED) is 0.883. The fraction of sp³-hybridized carbons (Fsp3) is 0.375. The highest BCUT2D eigenvalue weighted by Gasteiger charge is 2.10. The Morgan fingerprint density at radius 1 is 1.14 bits per heavy atom. The molecule has 0 radical (unpaired) electrons. The summed E-state index contributed by atoms with van der Waals surface area (Å²) < 4.78 is 5.33. The lowest BCUT2D eigenvalue weighted by Crippen LogP contribution is -2.26. The van der Waals surface area contributed by atoms with Gasteiger partial charge in [-0.3, -0.25) is 0 Å². The van der Waals surface area contributed by atoms with E-state index in [1.807, 2.05) is 30.3 Å². The fourth-order valence-electron chi connectivity index (χ4n) is 1.92. The maximum atomic E-state index is 5.33. The van der Waals surface area contributed by atoms with E-state index in [4.69, 9.17) is 4.74 Å². The van der Waals surface area contributed by atoms with Crippen LogP contribution in [0.2, 0.25) is 0 Å². The lowest BCUT2D eigenvalue weighted by atomic mass is 10.1. The van der Waals surface area contributed by atoms with Crippen molar-refractivity contribution < 1.29 is 4.74 Å². The van der Waals surface area contributed by atoms with E-state index in [1.165, 1.54) is 0 Å². The SMILES string of the molecule is COc1ccccc1CNc1nccc(NC(C)(C)C)n1. The first kappa shape index (κ1) is 15.1. The standard InChI is InChI=1S/C16H22N4O/c1-16(2,3)20-14-9-10-17-15(19-14)18-11-12-7-5-6-8-13(12)21-4/h5-10H,11H2,1-4H3,(H2,17,18,19,20). The van der Waals surface area contributed by atoms with Gasteiger partial charge in [-0.05, 0) is 32.9 Å². The second-order valence-corrected chi connectivity index (χ2v) is 5.81. The van der Waals surface area contributed by atoms with Crippen LogP contribution in [0.5, 0.6) is 5.75 Å². The molecular formula is C16H22N4O. The van der Waals surface area contributed by atoms with Crippen molar-refractivity contribution >= 4 is 11.8 Å². The zero-order chi connectivity index (χ0) is 15.3. The lowest BCUT2D eigenvalue weighted by molar-refractivity contribution is 0.410. The first-order valence-corrected chi connectivity index (χ1v) is 6.95. The number of anilines is 2. The number of ether oxygens (including phenoxy) is 1. The molecule has 1 aromatic heterocycles. The summed E-state index contributed by atoms with van der Waals surface area (Å²) in [7, 11) is 1.67. The third kappa shape index (κ3) is 4.63. The van der Waals surface area contributed by atoms with Crippen LogP contribution in [0.15, 0.2) is 36.5 Å². The van der Waals surface area contributed by atoms with Crippen molar-refractivity contribution in [2.45, 2.75) is 32.9 Å². The molecule has 0 aliphatic rings. The van der Waals surface area contributed by atoms with Gasteiger partial charge in [-0.1, -0.05) is 18.2 Å². The molecule has 0 bridgehead atoms. The van der Waals surface area contributed by atoms with Crippen molar-refractivity contribution in [2.75, 3.05) is 17.7 Å². The molecule has 0 saturated heterocycles. The normalized spacial score (nSPS) is 11.0. The number of rotatable bonds is 5. The van der Waals surface area contributed by atoms with E-state index in [0.29, 0.717) is 12.5 Å². The number of nitrogens with one attached hydrogen (secondary N) is 2. The maximum Gasteiger partial charge on any atom is 0.224 e. The summed E-state index contributed by atoms with van der Waals surface area (Å²) >= 11 is 0. The van der Waals surface area contributed by atoms with Crippen molar-refractivity contribution in [1.29, 1.82) is 0 Å². The van der Waals surface area contributed by atoms with Gasteiger partial charge in [0.05, 0.1) is 7.11 Å². The Bertz CT molecular complexity index is 593. The second-order valence-electron chi connectivity index (χ2n) is 5.81. The van der Waals surface area contributed by atoms with E-state index in [0.717, 1.165) is 17.1 Å². The van der Waals surface area contributed by atoms with Crippen LogP contribution in [0.25, 0.3) is 0 Å². The molecule has 0 atom stereocenters. The summed E-state index contributed by atoms with van der Waals surface area (Å²) in [6, 6.07) is 9.75. The van der Waals surface area contributed by atoms with Crippen molar-refractivity contribution in [3.05, 3.63) is 42.1 Å². The molecule has 0 aliphatic carbocycles. The van der Waals surface area contributed by atoms with E-state index in [2.05, 4.69) is 41.4 Å². The van der Waals surface area contributed by atoms with E-state index in [9.17, 15) is 0 Å². The molecule has 0 aliphatic heterocycles. The van der Waals surface area contributed by atoms with Gasteiger partial charge < -0.3 is 15.4 Å². The van der Waals surface area contributed by atoms with Gasteiger partial charge in [0.1, 0.15) is 11.6 Å². The van der Waals surface area contributed by atoms with E-state index >= 15 is 0 Å². The maximum absolute atomic E-state index is 5.33. The zero-order valence-electron chi connectivity index (χ0n) is 13.0. The Morgan fingerprint density at radius 3 is 2.62 bits per heavy atom. The fourth-order valence-corrected chi connectivity index (χ4v) is 1.92. The monoisotopic (exact) mass is 286 g/mol. The van der Waals surface area contributed by atoms with Gasteiger partial charge in [0.2, 0.25) is 5.95 Å². The summed E-state index contributed by atoms with van der Waals surface area (Å²) in [6.07, 6.45) is 1.74. The molecule has 5 nitrogen and oxygen atoms in total. The highest BCUT2D eigenvalue weighted by molar-refractivity contribution is 5.42. The largest absolute Gasteiger partial charge is 0.496 e. The number of nitrogens with zero attached hydrogens (tertiary/aromatic N) is 2. The summed E-state index contributed by atoms with van der Waals surface area (Å²) in [5.41, 5.74) is 1.03. The summed E-state index contributed by atoms with van der Waals surface area (Å²) in [5.74, 6) is 2.25. The molecule has 0 fully saturated rings. The molecule has 1 aromatic carbocycles. The van der Waals surface area contributed by atoms with Crippen LogP contribution < -0.4 is 15.4 Å². The van der Waals surface area contributed by atoms with Crippen molar-refractivity contribution in [3.8, 4) is 5.75 Å². The topological polar surface area (TPSA) is 59.1 Å². The van der Waals surface area contributed by atoms with Crippen LogP contribution in [-0.4, -0.2) is 22.6 Å². The van der Waals surface area contributed by atoms with Crippen LogP contribution in [-0.2, 0) is 6.54 Å². The predicted molar refractivity (Wildman–Crippen MR) is 85.7 cm³/mol. The minimum atomic E-state index is -0.0335. The number of hydrogen-bond acceptors (Lipinski definition) is 5. The van der Waals surface area contributed by atoms with Gasteiger partial charge >= 0.3 is 0 Å². The predicted octanol–water partition coefficient (Wildman–Crippen LogP) is 3.31. The molecule has 0 saturated carbocycles. The molecule has 2 rings (SSSR count). The number of benzene rings is 1.